The van der Waals surface area contributed by atoms with Crippen molar-refractivity contribution in [2.75, 3.05) is 26.2 Å². The number of phenols is 1. The lowest BCUT2D eigenvalue weighted by Gasteiger charge is -2.21. The molecule has 3 rings (SSSR count). The highest BCUT2D eigenvalue weighted by Gasteiger charge is 2.18. The molecule has 0 atom stereocenters. The van der Waals surface area contributed by atoms with Crippen LogP contribution >= 0.6 is 0 Å². The van der Waals surface area contributed by atoms with E-state index in [-0.39, 0.29) is 11.2 Å². The topological polar surface area (TPSA) is 118 Å². The molecule has 9 nitrogen and oxygen atoms in total. The molecule has 0 saturated carbocycles. The average Bonchev–Trinajstić information content (AvgIpc) is 3.30. The van der Waals surface area contributed by atoms with Crippen LogP contribution in [0.25, 0.3) is 0 Å². The zero-order valence-electron chi connectivity index (χ0n) is 15.9. The molecular formula is C18H26N8O. The van der Waals surface area contributed by atoms with E-state index >= 15 is 0 Å². The van der Waals surface area contributed by atoms with Crippen molar-refractivity contribution in [1.82, 2.24) is 21.5 Å². The summed E-state index contributed by atoms with van der Waals surface area (Å²) in [5.41, 5.74) is 7.87. The van der Waals surface area contributed by atoms with E-state index in [1.54, 1.807) is 12.4 Å². The highest BCUT2D eigenvalue weighted by Crippen LogP contribution is 2.29. The Labute approximate surface area is 158 Å². The van der Waals surface area contributed by atoms with Crippen LogP contribution in [0.2, 0.25) is 0 Å². The number of guanidine groups is 2. The van der Waals surface area contributed by atoms with Crippen molar-refractivity contribution in [3.63, 3.8) is 0 Å². The van der Waals surface area contributed by atoms with Crippen LogP contribution in [0.15, 0.2) is 32.3 Å². The maximum atomic E-state index is 10.6. The molecule has 0 saturated heterocycles. The summed E-state index contributed by atoms with van der Waals surface area (Å²) in [5.74, 6) is 1.38. The Kier molecular flexibility index (Phi) is 5.58. The fraction of sp³-hybridized carbons (Fsp3) is 0.444. The molecule has 0 unspecified atom stereocenters. The maximum Gasteiger partial charge on any atom is 0.212 e. The number of hydrogen-bond donors (Lipinski definition) is 5. The molecule has 0 amide bonds. The van der Waals surface area contributed by atoms with Crippen molar-refractivity contribution in [2.24, 2.45) is 20.2 Å². The largest absolute Gasteiger partial charge is 0.507 e. The molecular weight excluding hydrogens is 344 g/mol. The first-order valence-electron chi connectivity index (χ1n) is 8.96. The summed E-state index contributed by atoms with van der Waals surface area (Å²) in [6.07, 6.45) is 3.17. The number of phenolic OH excluding ortho intramolecular Hbond substituents is 1. The second kappa shape index (κ2) is 8.07. The summed E-state index contributed by atoms with van der Waals surface area (Å²) in [5, 5.41) is 25.1. The minimum Gasteiger partial charge on any atom is -0.507 e. The molecule has 2 heterocycles. The van der Waals surface area contributed by atoms with E-state index in [9.17, 15) is 5.11 Å². The van der Waals surface area contributed by atoms with Crippen LogP contribution in [0.4, 0.5) is 0 Å². The SMILES string of the molecule is CC(C)(C)c1cc(/C=N\NC2=NCCN2)c(O)c(/C=N\NC2=NCCN2)c1. The summed E-state index contributed by atoms with van der Waals surface area (Å²) in [7, 11) is 0. The van der Waals surface area contributed by atoms with Crippen molar-refractivity contribution in [3.8, 4) is 5.75 Å². The summed E-state index contributed by atoms with van der Waals surface area (Å²) in [6, 6.07) is 3.86. The van der Waals surface area contributed by atoms with E-state index in [0.717, 1.165) is 31.7 Å². The van der Waals surface area contributed by atoms with E-state index in [1.807, 2.05) is 12.1 Å². The molecule has 9 heteroatoms. The first kappa shape index (κ1) is 18.7. The highest BCUT2D eigenvalue weighted by molar-refractivity contribution is 5.93. The van der Waals surface area contributed by atoms with Crippen LogP contribution in [0.5, 0.6) is 5.75 Å². The average molecular weight is 370 g/mol. The van der Waals surface area contributed by atoms with Gasteiger partial charge in [0.15, 0.2) is 0 Å². The summed E-state index contributed by atoms with van der Waals surface area (Å²) < 4.78 is 0. The van der Waals surface area contributed by atoms with E-state index in [2.05, 4.69) is 62.4 Å². The first-order chi connectivity index (χ1) is 12.9. The summed E-state index contributed by atoms with van der Waals surface area (Å²) in [4.78, 5) is 8.43. The number of aromatic hydroxyl groups is 1. The van der Waals surface area contributed by atoms with Gasteiger partial charge in [0.25, 0.3) is 0 Å². The highest BCUT2D eigenvalue weighted by atomic mass is 16.3. The molecule has 5 N–H and O–H groups in total. The zero-order valence-corrected chi connectivity index (χ0v) is 15.9. The predicted octanol–water partition coefficient (Wildman–Crippen LogP) is 0.455. The third-order valence-electron chi connectivity index (χ3n) is 4.13. The minimum atomic E-state index is -0.0894. The van der Waals surface area contributed by atoms with Crippen LogP contribution in [0.1, 0.15) is 37.5 Å². The molecule has 27 heavy (non-hydrogen) atoms. The fourth-order valence-corrected chi connectivity index (χ4v) is 2.58. The lowest BCUT2D eigenvalue weighted by Crippen LogP contribution is -2.30. The van der Waals surface area contributed by atoms with Crippen molar-refractivity contribution in [2.45, 2.75) is 26.2 Å². The number of rotatable bonds is 4. The van der Waals surface area contributed by atoms with Gasteiger partial charge in [-0.3, -0.25) is 0 Å². The van der Waals surface area contributed by atoms with Crippen LogP contribution in [-0.2, 0) is 5.41 Å². The maximum absolute atomic E-state index is 10.6. The van der Waals surface area contributed by atoms with Gasteiger partial charge in [0.2, 0.25) is 11.9 Å². The van der Waals surface area contributed by atoms with Gasteiger partial charge in [-0.05, 0) is 23.1 Å². The Morgan fingerprint density at radius 2 is 1.44 bits per heavy atom. The van der Waals surface area contributed by atoms with Gasteiger partial charge >= 0.3 is 0 Å². The number of benzene rings is 1. The Morgan fingerprint density at radius 1 is 0.963 bits per heavy atom. The molecule has 1 aromatic rings. The van der Waals surface area contributed by atoms with Crippen LogP contribution in [0, 0.1) is 0 Å². The van der Waals surface area contributed by atoms with Crippen molar-refractivity contribution < 1.29 is 5.11 Å². The molecule has 2 aliphatic rings. The predicted molar refractivity (Wildman–Crippen MR) is 109 cm³/mol. The third-order valence-corrected chi connectivity index (χ3v) is 4.13. The molecule has 0 aromatic heterocycles. The number of nitrogens with one attached hydrogen (secondary N) is 4. The Morgan fingerprint density at radius 3 is 1.81 bits per heavy atom. The second-order valence-electron chi connectivity index (χ2n) is 7.31. The standard InChI is InChI=1S/C18H26N8O/c1-18(2,3)14-8-12(10-23-25-16-19-4-5-20-16)15(27)13(9-14)11-24-26-17-21-6-7-22-17/h8-11,27H,4-7H2,1-3H3,(H2,19,20,25)(H2,21,22,26)/b23-10-,24-11-. The molecule has 2 aliphatic heterocycles. The quantitative estimate of drug-likeness (QED) is 0.390. The molecule has 1 aromatic carbocycles. The number of aliphatic imine (C=N–C) groups is 2. The lowest BCUT2D eigenvalue weighted by atomic mass is 9.85. The van der Waals surface area contributed by atoms with Gasteiger partial charge in [-0.1, -0.05) is 20.8 Å². The lowest BCUT2D eigenvalue weighted by molar-refractivity contribution is 0.472. The number of hydrazone groups is 2. The van der Waals surface area contributed by atoms with Gasteiger partial charge < -0.3 is 15.7 Å². The Bertz CT molecular complexity index is 747. The van der Waals surface area contributed by atoms with Crippen LogP contribution < -0.4 is 21.5 Å². The van der Waals surface area contributed by atoms with Crippen molar-refractivity contribution >= 4 is 24.3 Å². The minimum absolute atomic E-state index is 0.0894. The number of nitrogens with zero attached hydrogens (tertiary/aromatic N) is 4. The van der Waals surface area contributed by atoms with Crippen LogP contribution in [-0.4, -0.2) is 55.6 Å². The summed E-state index contributed by atoms with van der Waals surface area (Å²) >= 11 is 0. The fourth-order valence-electron chi connectivity index (χ4n) is 2.58. The molecule has 0 spiro atoms. The van der Waals surface area contributed by atoms with Gasteiger partial charge in [-0.25, -0.2) is 20.8 Å². The zero-order chi connectivity index (χ0) is 19.3. The van der Waals surface area contributed by atoms with Gasteiger partial charge in [0, 0.05) is 24.2 Å². The second-order valence-corrected chi connectivity index (χ2v) is 7.31. The Balaban J connectivity index is 1.82. The third kappa shape index (κ3) is 4.96. The van der Waals surface area contributed by atoms with Gasteiger partial charge in [-0.2, -0.15) is 10.2 Å². The molecule has 0 radical (unpaired) electrons. The Hall–Kier alpha value is -3.10. The van der Waals surface area contributed by atoms with Gasteiger partial charge in [0.05, 0.1) is 25.5 Å². The van der Waals surface area contributed by atoms with E-state index < -0.39 is 0 Å². The van der Waals surface area contributed by atoms with Crippen molar-refractivity contribution in [3.05, 3.63) is 28.8 Å². The van der Waals surface area contributed by atoms with E-state index in [4.69, 9.17) is 0 Å². The number of hydrogen-bond acceptors (Lipinski definition) is 9. The monoisotopic (exact) mass is 370 g/mol. The normalized spacial score (nSPS) is 17.0. The van der Waals surface area contributed by atoms with Gasteiger partial charge in [-0.15, -0.1) is 0 Å². The summed E-state index contributed by atoms with van der Waals surface area (Å²) in [6.45, 7) is 9.42. The first-order valence-corrected chi connectivity index (χ1v) is 8.96. The van der Waals surface area contributed by atoms with E-state index in [0.29, 0.717) is 23.0 Å². The molecule has 0 bridgehead atoms. The van der Waals surface area contributed by atoms with E-state index in [1.165, 1.54) is 0 Å². The van der Waals surface area contributed by atoms with Crippen molar-refractivity contribution in [1.29, 1.82) is 0 Å². The van der Waals surface area contributed by atoms with Crippen LogP contribution in [0.3, 0.4) is 0 Å². The molecule has 0 fully saturated rings. The molecule has 144 valence electrons. The smallest absolute Gasteiger partial charge is 0.212 e. The van der Waals surface area contributed by atoms with Gasteiger partial charge in [0.1, 0.15) is 5.75 Å². The molecule has 0 aliphatic carbocycles.